The molecule has 0 amide bonds. The monoisotopic (exact) mass is 408 g/mol. The quantitative estimate of drug-likeness (QED) is 0.623. The normalized spacial score (nSPS) is 11.2. The van der Waals surface area contributed by atoms with Gasteiger partial charge in [-0.1, -0.05) is 35.5 Å². The molecule has 0 saturated heterocycles. The molecular formula is C17H17ClN4O4S. The highest BCUT2D eigenvalue weighted by atomic mass is 35.5. The molecule has 8 nitrogen and oxygen atoms in total. The number of carboxylic acids is 1. The molecule has 0 aliphatic heterocycles. The van der Waals surface area contributed by atoms with E-state index in [1.165, 1.54) is 23.4 Å². The number of nitrogens with zero attached hydrogens (tertiary/aromatic N) is 4. The van der Waals surface area contributed by atoms with Crippen molar-refractivity contribution in [1.82, 2.24) is 18.7 Å². The summed E-state index contributed by atoms with van der Waals surface area (Å²) in [5.74, 6) is -0.612. The van der Waals surface area contributed by atoms with Gasteiger partial charge in [-0.3, -0.25) is 18.7 Å². The van der Waals surface area contributed by atoms with Crippen molar-refractivity contribution in [2.24, 2.45) is 14.1 Å². The number of rotatable bonds is 6. The Labute approximate surface area is 163 Å². The van der Waals surface area contributed by atoms with Crippen molar-refractivity contribution in [3.63, 3.8) is 0 Å². The first kappa shape index (κ1) is 19.2. The molecule has 2 aromatic heterocycles. The number of aryl methyl sites for hydroxylation is 1. The Morgan fingerprint density at radius 2 is 1.85 bits per heavy atom. The van der Waals surface area contributed by atoms with E-state index in [2.05, 4.69) is 4.98 Å². The fourth-order valence-electron chi connectivity index (χ4n) is 2.69. The number of aliphatic carboxylic acids is 1. The van der Waals surface area contributed by atoms with Crippen LogP contribution < -0.4 is 11.2 Å². The number of carboxylic acid groups (broad SMARTS) is 1. The lowest BCUT2D eigenvalue weighted by Gasteiger charge is -2.09. The predicted molar refractivity (Wildman–Crippen MR) is 104 cm³/mol. The molecule has 0 bridgehead atoms. The van der Waals surface area contributed by atoms with Crippen molar-refractivity contribution in [1.29, 1.82) is 0 Å². The molecule has 0 unspecified atom stereocenters. The number of fused-ring (bicyclic) bond motifs is 1. The van der Waals surface area contributed by atoms with Gasteiger partial charge in [0.1, 0.15) is 0 Å². The van der Waals surface area contributed by atoms with Gasteiger partial charge in [-0.05, 0) is 17.7 Å². The third-order valence-corrected chi connectivity index (χ3v) is 5.34. The third-order valence-electron chi connectivity index (χ3n) is 4.11. The minimum atomic E-state index is -0.911. The number of aromatic nitrogens is 4. The highest BCUT2D eigenvalue weighted by Gasteiger charge is 2.19. The molecule has 142 valence electrons. The standard InChI is InChI=1S/C17H17ClN4O4S/c1-20-14-13(15(25)21(2)17(20)26)22(9-10-3-5-11(18)6-4-10)16(19-14)27-8-7-12(23)24/h3-6H,7-9H2,1-2H3,(H,23,24). The molecule has 0 radical (unpaired) electrons. The van der Waals surface area contributed by atoms with Gasteiger partial charge in [0.2, 0.25) is 0 Å². The van der Waals surface area contributed by atoms with Gasteiger partial charge in [-0.15, -0.1) is 0 Å². The Kier molecular flexibility index (Phi) is 5.43. The molecule has 0 fully saturated rings. The van der Waals surface area contributed by atoms with E-state index in [1.54, 1.807) is 23.7 Å². The van der Waals surface area contributed by atoms with E-state index in [9.17, 15) is 14.4 Å². The molecule has 0 aliphatic carbocycles. The SMILES string of the molecule is Cn1c(=O)c2c(nc(SCCC(=O)O)n2Cc2ccc(Cl)cc2)n(C)c1=O. The van der Waals surface area contributed by atoms with E-state index >= 15 is 0 Å². The maximum absolute atomic E-state index is 12.7. The van der Waals surface area contributed by atoms with Crippen LogP contribution in [0.25, 0.3) is 11.2 Å². The lowest BCUT2D eigenvalue weighted by Crippen LogP contribution is -2.37. The van der Waals surface area contributed by atoms with Gasteiger partial charge in [0.25, 0.3) is 5.56 Å². The predicted octanol–water partition coefficient (Wildman–Crippen LogP) is 1.70. The zero-order chi connectivity index (χ0) is 19.7. The van der Waals surface area contributed by atoms with Crippen LogP contribution in [0.3, 0.4) is 0 Å². The summed E-state index contributed by atoms with van der Waals surface area (Å²) in [6.45, 7) is 0.344. The summed E-state index contributed by atoms with van der Waals surface area (Å²) in [4.78, 5) is 40.2. The van der Waals surface area contributed by atoms with Crippen LogP contribution in [0.15, 0.2) is 39.0 Å². The van der Waals surface area contributed by atoms with Gasteiger partial charge in [-0.2, -0.15) is 0 Å². The van der Waals surface area contributed by atoms with Crippen molar-refractivity contribution >= 4 is 40.5 Å². The average molecular weight is 409 g/mol. The fraction of sp³-hybridized carbons (Fsp3) is 0.294. The van der Waals surface area contributed by atoms with Crippen LogP contribution in [0, 0.1) is 0 Å². The molecule has 1 N–H and O–H groups in total. The average Bonchev–Trinajstić information content (AvgIpc) is 2.98. The zero-order valence-electron chi connectivity index (χ0n) is 14.7. The van der Waals surface area contributed by atoms with Gasteiger partial charge in [0.05, 0.1) is 13.0 Å². The molecular weight excluding hydrogens is 392 g/mol. The molecule has 2 heterocycles. The lowest BCUT2D eigenvalue weighted by atomic mass is 10.2. The summed E-state index contributed by atoms with van der Waals surface area (Å²) in [7, 11) is 2.97. The highest BCUT2D eigenvalue weighted by Crippen LogP contribution is 2.24. The molecule has 0 aliphatic rings. The zero-order valence-corrected chi connectivity index (χ0v) is 16.3. The minimum absolute atomic E-state index is 0.0360. The number of halogens is 1. The molecule has 0 atom stereocenters. The van der Waals surface area contributed by atoms with Crippen molar-refractivity contribution in [2.75, 3.05) is 5.75 Å². The minimum Gasteiger partial charge on any atom is -0.481 e. The molecule has 1 aromatic carbocycles. The van der Waals surface area contributed by atoms with Crippen molar-refractivity contribution in [2.45, 2.75) is 18.1 Å². The van der Waals surface area contributed by atoms with E-state index in [0.717, 1.165) is 10.1 Å². The number of hydrogen-bond acceptors (Lipinski definition) is 5. The first-order valence-corrected chi connectivity index (χ1v) is 9.41. The summed E-state index contributed by atoms with van der Waals surface area (Å²) in [5, 5.41) is 9.96. The second-order valence-corrected chi connectivity index (χ2v) is 7.48. The van der Waals surface area contributed by atoms with E-state index in [1.807, 2.05) is 12.1 Å². The number of thioether (sulfide) groups is 1. The van der Waals surface area contributed by atoms with Gasteiger partial charge in [0.15, 0.2) is 16.3 Å². The summed E-state index contributed by atoms with van der Waals surface area (Å²) < 4.78 is 4.07. The van der Waals surface area contributed by atoms with Crippen LogP contribution in [-0.4, -0.2) is 35.5 Å². The van der Waals surface area contributed by atoms with Crippen molar-refractivity contribution < 1.29 is 9.90 Å². The van der Waals surface area contributed by atoms with Gasteiger partial charge < -0.3 is 9.67 Å². The van der Waals surface area contributed by atoms with E-state index in [0.29, 0.717) is 28.0 Å². The smallest absolute Gasteiger partial charge is 0.332 e. The Morgan fingerprint density at radius 3 is 2.48 bits per heavy atom. The second-order valence-electron chi connectivity index (χ2n) is 5.98. The Morgan fingerprint density at radius 1 is 1.19 bits per heavy atom. The lowest BCUT2D eigenvalue weighted by molar-refractivity contribution is -0.136. The molecule has 0 saturated carbocycles. The maximum atomic E-state index is 12.7. The number of benzene rings is 1. The number of hydrogen-bond donors (Lipinski definition) is 1. The van der Waals surface area contributed by atoms with Gasteiger partial charge in [0, 0.05) is 24.9 Å². The third kappa shape index (κ3) is 3.79. The first-order chi connectivity index (χ1) is 12.8. The van der Waals surface area contributed by atoms with Gasteiger partial charge in [-0.25, -0.2) is 9.78 Å². The number of imidazole rings is 1. The largest absolute Gasteiger partial charge is 0.481 e. The van der Waals surface area contributed by atoms with Crippen LogP contribution in [0.1, 0.15) is 12.0 Å². The Balaban J connectivity index is 2.16. The van der Waals surface area contributed by atoms with Crippen molar-refractivity contribution in [3.8, 4) is 0 Å². The Hall–Kier alpha value is -2.52. The molecule has 3 aromatic rings. The van der Waals surface area contributed by atoms with Crippen molar-refractivity contribution in [3.05, 3.63) is 55.7 Å². The summed E-state index contributed by atoms with van der Waals surface area (Å²) in [6, 6.07) is 7.18. The van der Waals surface area contributed by atoms with E-state index in [-0.39, 0.29) is 12.1 Å². The molecule has 0 spiro atoms. The van der Waals surface area contributed by atoms with Crippen LogP contribution in [0.5, 0.6) is 0 Å². The van der Waals surface area contributed by atoms with Crippen LogP contribution in [0.4, 0.5) is 0 Å². The van der Waals surface area contributed by atoms with Crippen LogP contribution >= 0.6 is 23.4 Å². The van der Waals surface area contributed by atoms with Gasteiger partial charge >= 0.3 is 11.7 Å². The van der Waals surface area contributed by atoms with E-state index < -0.39 is 17.2 Å². The summed E-state index contributed by atoms with van der Waals surface area (Å²) in [5.41, 5.74) is 0.558. The van der Waals surface area contributed by atoms with E-state index in [4.69, 9.17) is 16.7 Å². The Bertz CT molecular complexity index is 1130. The molecule has 3 rings (SSSR count). The maximum Gasteiger partial charge on any atom is 0.332 e. The second kappa shape index (κ2) is 7.61. The first-order valence-electron chi connectivity index (χ1n) is 8.05. The highest BCUT2D eigenvalue weighted by molar-refractivity contribution is 7.99. The molecule has 27 heavy (non-hydrogen) atoms. The van der Waals surface area contributed by atoms with Crippen LogP contribution in [-0.2, 0) is 25.4 Å². The topological polar surface area (TPSA) is 99.1 Å². The molecule has 10 heteroatoms. The fourth-order valence-corrected chi connectivity index (χ4v) is 3.73. The number of carbonyl (C=O) groups is 1. The van der Waals surface area contributed by atoms with Crippen LogP contribution in [0.2, 0.25) is 5.02 Å². The summed E-state index contributed by atoms with van der Waals surface area (Å²) >= 11 is 7.17. The summed E-state index contributed by atoms with van der Waals surface area (Å²) in [6.07, 6.45) is -0.0360.